The molecule has 3 heterocycles. The highest BCUT2D eigenvalue weighted by Crippen LogP contribution is 2.32. The van der Waals surface area contributed by atoms with Gasteiger partial charge in [0, 0.05) is 18.4 Å². The molecule has 1 N–H and O–H groups in total. The van der Waals surface area contributed by atoms with Crippen LogP contribution in [0.4, 0.5) is 30.4 Å². The lowest BCUT2D eigenvalue weighted by Crippen LogP contribution is -2.54. The number of halogens is 3. The Morgan fingerprint density at radius 2 is 1.93 bits per heavy atom. The molecule has 1 fully saturated rings. The van der Waals surface area contributed by atoms with Gasteiger partial charge in [0.2, 0.25) is 5.91 Å². The Hall–Kier alpha value is -3.30. The van der Waals surface area contributed by atoms with Crippen molar-refractivity contribution < 1.29 is 27.5 Å². The van der Waals surface area contributed by atoms with Crippen molar-refractivity contribution in [2.45, 2.75) is 31.7 Å². The molecule has 2 aromatic rings. The number of benzene rings is 1. The average Bonchev–Trinajstić information content (AvgIpc) is 2.72. The summed E-state index contributed by atoms with van der Waals surface area (Å²) in [7, 11) is 0. The number of piperidine rings is 1. The van der Waals surface area contributed by atoms with Gasteiger partial charge in [-0.25, -0.2) is 4.98 Å². The molecular weight excluding hydrogens is 401 g/mol. The van der Waals surface area contributed by atoms with Gasteiger partial charge in [-0.05, 0) is 55.7 Å². The number of hydrogen-bond donors (Lipinski definition) is 1. The molecule has 0 aliphatic carbocycles. The van der Waals surface area contributed by atoms with E-state index in [1.165, 1.54) is 29.2 Å². The van der Waals surface area contributed by atoms with Crippen LogP contribution in [-0.4, -0.2) is 42.3 Å². The third-order valence-corrected chi connectivity index (χ3v) is 5.07. The molecule has 4 rings (SSSR count). The van der Waals surface area contributed by atoms with Gasteiger partial charge < -0.3 is 15.0 Å². The number of alkyl halides is 3. The van der Waals surface area contributed by atoms with E-state index < -0.39 is 12.4 Å². The van der Waals surface area contributed by atoms with Gasteiger partial charge >= 0.3 is 6.36 Å². The molecule has 0 saturated carbocycles. The van der Waals surface area contributed by atoms with Gasteiger partial charge in [-0.15, -0.1) is 13.2 Å². The van der Waals surface area contributed by atoms with Gasteiger partial charge in [-0.2, -0.15) is 0 Å². The highest BCUT2D eigenvalue weighted by molar-refractivity contribution is 6.10. The maximum Gasteiger partial charge on any atom is 0.573 e. The minimum atomic E-state index is -4.76. The van der Waals surface area contributed by atoms with Crippen molar-refractivity contribution in [3.63, 3.8) is 0 Å². The summed E-state index contributed by atoms with van der Waals surface area (Å²) in [5, 5.41) is 2.70. The lowest BCUT2D eigenvalue weighted by atomic mass is 9.99. The first kappa shape index (κ1) is 20.0. The smallest absolute Gasteiger partial charge is 0.406 e. The summed E-state index contributed by atoms with van der Waals surface area (Å²) in [6, 6.07) is 8.26. The molecule has 2 amide bonds. The monoisotopic (exact) mass is 420 g/mol. The zero-order valence-electron chi connectivity index (χ0n) is 15.9. The molecule has 30 heavy (non-hydrogen) atoms. The van der Waals surface area contributed by atoms with E-state index in [-0.39, 0.29) is 24.1 Å². The molecule has 1 unspecified atom stereocenters. The van der Waals surface area contributed by atoms with Crippen LogP contribution >= 0.6 is 0 Å². The number of aromatic nitrogens is 1. The van der Waals surface area contributed by atoms with E-state index in [1.807, 2.05) is 4.90 Å². The van der Waals surface area contributed by atoms with E-state index in [2.05, 4.69) is 15.0 Å². The molecule has 0 radical (unpaired) electrons. The fourth-order valence-electron chi connectivity index (χ4n) is 3.82. The fraction of sp³-hybridized carbons (Fsp3) is 0.350. The minimum Gasteiger partial charge on any atom is -0.406 e. The normalized spacial score (nSPS) is 19.2. The lowest BCUT2D eigenvalue weighted by molar-refractivity contribution is -0.274. The molecule has 1 aromatic carbocycles. The second-order valence-corrected chi connectivity index (χ2v) is 7.09. The standard InChI is InChI=1S/C20H19F3N4O3/c21-20(22,23)30-14-8-6-13(7-9-14)26-11-2-1-5-16(26)19(29)27-12-17(28)25-15-4-3-10-24-18(15)27/h3-4,6-10,16H,1-2,5,11-12H2,(H,25,28). The zero-order chi connectivity index (χ0) is 21.3. The molecule has 1 atom stereocenters. The Labute approximate surface area is 170 Å². The van der Waals surface area contributed by atoms with Crippen LogP contribution in [-0.2, 0) is 9.59 Å². The van der Waals surface area contributed by atoms with Gasteiger partial charge in [0.05, 0.1) is 5.69 Å². The van der Waals surface area contributed by atoms with Crippen molar-refractivity contribution in [1.82, 2.24) is 4.98 Å². The summed E-state index contributed by atoms with van der Waals surface area (Å²) in [5.41, 5.74) is 1.09. The fourth-order valence-corrected chi connectivity index (χ4v) is 3.82. The quantitative estimate of drug-likeness (QED) is 0.825. The van der Waals surface area contributed by atoms with Crippen molar-refractivity contribution in [3.8, 4) is 5.75 Å². The SMILES string of the molecule is O=C1CN(C(=O)C2CCCCN2c2ccc(OC(F)(F)F)cc2)c2ncccc2N1. The number of ether oxygens (including phenoxy) is 1. The van der Waals surface area contributed by atoms with Crippen LogP contribution in [0.3, 0.4) is 0 Å². The van der Waals surface area contributed by atoms with Gasteiger partial charge in [-0.1, -0.05) is 0 Å². The third kappa shape index (κ3) is 4.17. The van der Waals surface area contributed by atoms with Crippen LogP contribution in [0.15, 0.2) is 42.6 Å². The number of amides is 2. The topological polar surface area (TPSA) is 74.8 Å². The van der Waals surface area contributed by atoms with Crippen molar-refractivity contribution in [3.05, 3.63) is 42.6 Å². The molecule has 2 aliphatic heterocycles. The highest BCUT2D eigenvalue weighted by Gasteiger charge is 2.37. The summed E-state index contributed by atoms with van der Waals surface area (Å²) in [6.07, 6.45) is -0.966. The van der Waals surface area contributed by atoms with Crippen LogP contribution in [0.5, 0.6) is 5.75 Å². The molecule has 158 valence electrons. The Balaban J connectivity index is 1.58. The summed E-state index contributed by atoms with van der Waals surface area (Å²) < 4.78 is 41.1. The number of anilines is 3. The van der Waals surface area contributed by atoms with Crippen molar-refractivity contribution in [1.29, 1.82) is 0 Å². The minimum absolute atomic E-state index is 0.133. The number of fused-ring (bicyclic) bond motifs is 1. The van der Waals surface area contributed by atoms with Crippen LogP contribution in [0, 0.1) is 0 Å². The van der Waals surface area contributed by atoms with E-state index in [4.69, 9.17) is 0 Å². The highest BCUT2D eigenvalue weighted by atomic mass is 19.4. The Kier molecular flexibility index (Phi) is 5.23. The van der Waals surface area contributed by atoms with Crippen LogP contribution < -0.4 is 19.9 Å². The average molecular weight is 420 g/mol. The summed E-state index contributed by atoms with van der Waals surface area (Å²) >= 11 is 0. The lowest BCUT2D eigenvalue weighted by Gasteiger charge is -2.39. The molecule has 0 bridgehead atoms. The van der Waals surface area contributed by atoms with E-state index in [0.29, 0.717) is 30.2 Å². The third-order valence-electron chi connectivity index (χ3n) is 5.07. The Bertz CT molecular complexity index is 949. The van der Waals surface area contributed by atoms with Gasteiger partial charge in [0.1, 0.15) is 18.3 Å². The first-order valence-corrected chi connectivity index (χ1v) is 9.50. The van der Waals surface area contributed by atoms with E-state index >= 15 is 0 Å². The molecule has 2 aliphatic rings. The zero-order valence-corrected chi connectivity index (χ0v) is 15.9. The number of carbonyl (C=O) groups is 2. The number of nitrogens with zero attached hydrogens (tertiary/aromatic N) is 3. The van der Waals surface area contributed by atoms with E-state index in [1.54, 1.807) is 18.3 Å². The summed E-state index contributed by atoms with van der Waals surface area (Å²) in [5.74, 6) is -0.501. The first-order valence-electron chi connectivity index (χ1n) is 9.50. The predicted molar refractivity (Wildman–Crippen MR) is 103 cm³/mol. The molecule has 1 aromatic heterocycles. The molecular formula is C20H19F3N4O3. The number of carbonyl (C=O) groups excluding carboxylic acids is 2. The van der Waals surface area contributed by atoms with Crippen molar-refractivity contribution in [2.24, 2.45) is 0 Å². The Morgan fingerprint density at radius 1 is 1.17 bits per heavy atom. The largest absolute Gasteiger partial charge is 0.573 e. The van der Waals surface area contributed by atoms with Crippen molar-refractivity contribution >= 4 is 29.0 Å². The number of nitrogens with one attached hydrogen (secondary N) is 1. The number of hydrogen-bond acceptors (Lipinski definition) is 5. The van der Waals surface area contributed by atoms with Gasteiger partial charge in [0.25, 0.3) is 5.91 Å². The van der Waals surface area contributed by atoms with Gasteiger partial charge in [0.15, 0.2) is 5.82 Å². The van der Waals surface area contributed by atoms with Crippen LogP contribution in [0.1, 0.15) is 19.3 Å². The predicted octanol–water partition coefficient (Wildman–Crippen LogP) is 3.32. The first-order chi connectivity index (χ1) is 14.3. The maximum atomic E-state index is 13.4. The van der Waals surface area contributed by atoms with E-state index in [9.17, 15) is 22.8 Å². The molecule has 7 nitrogen and oxygen atoms in total. The summed E-state index contributed by atoms with van der Waals surface area (Å²) in [4.78, 5) is 32.9. The second kappa shape index (κ2) is 7.85. The van der Waals surface area contributed by atoms with Crippen LogP contribution in [0.25, 0.3) is 0 Å². The molecule has 1 saturated heterocycles. The van der Waals surface area contributed by atoms with Crippen LogP contribution in [0.2, 0.25) is 0 Å². The molecule has 10 heteroatoms. The second-order valence-electron chi connectivity index (χ2n) is 7.09. The van der Waals surface area contributed by atoms with Gasteiger partial charge in [-0.3, -0.25) is 14.5 Å². The molecule has 0 spiro atoms. The maximum absolute atomic E-state index is 13.4. The number of rotatable bonds is 3. The van der Waals surface area contributed by atoms with Crippen molar-refractivity contribution in [2.75, 3.05) is 28.2 Å². The summed E-state index contributed by atoms with van der Waals surface area (Å²) in [6.45, 7) is 0.441. The Morgan fingerprint density at radius 3 is 2.67 bits per heavy atom. The van der Waals surface area contributed by atoms with E-state index in [0.717, 1.165) is 12.8 Å². The number of pyridine rings is 1.